The number of benzene rings is 2. The number of aliphatic carboxylic acids is 1. The lowest BCUT2D eigenvalue weighted by Crippen LogP contribution is -2.47. The molecule has 8 heteroatoms. The smallest absolute Gasteiger partial charge is 0.315 e. The van der Waals surface area contributed by atoms with Gasteiger partial charge in [0.15, 0.2) is 0 Å². The molecule has 0 aliphatic carbocycles. The van der Waals surface area contributed by atoms with Crippen molar-refractivity contribution in [1.82, 2.24) is 25.5 Å². The van der Waals surface area contributed by atoms with Gasteiger partial charge in [-0.15, -0.1) is 10.2 Å². The lowest BCUT2D eigenvalue weighted by Gasteiger charge is -2.29. The number of hydrogen-bond acceptors (Lipinski definition) is 5. The minimum absolute atomic E-state index is 0.0266. The molecular weight excluding hydrogens is 370 g/mol. The number of aryl methyl sites for hydroxylation is 1. The number of amides is 1. The first-order chi connectivity index (χ1) is 13.9. The van der Waals surface area contributed by atoms with Crippen molar-refractivity contribution in [3.63, 3.8) is 0 Å². The number of carboxylic acids is 1. The van der Waals surface area contributed by atoms with Gasteiger partial charge in [-0.05, 0) is 24.1 Å². The maximum absolute atomic E-state index is 12.4. The van der Waals surface area contributed by atoms with Crippen LogP contribution >= 0.6 is 0 Å². The molecule has 29 heavy (non-hydrogen) atoms. The second kappa shape index (κ2) is 8.64. The van der Waals surface area contributed by atoms with Crippen molar-refractivity contribution in [3.8, 4) is 11.4 Å². The van der Waals surface area contributed by atoms with Crippen molar-refractivity contribution in [2.75, 3.05) is 6.54 Å². The largest absolute Gasteiger partial charge is 0.481 e. The van der Waals surface area contributed by atoms with E-state index >= 15 is 0 Å². The zero-order valence-electron chi connectivity index (χ0n) is 16.4. The van der Waals surface area contributed by atoms with E-state index in [9.17, 15) is 14.7 Å². The Hall–Kier alpha value is -3.55. The van der Waals surface area contributed by atoms with Crippen LogP contribution in [0.3, 0.4) is 0 Å². The Morgan fingerprint density at radius 1 is 1.10 bits per heavy atom. The molecule has 1 heterocycles. The number of carboxylic acid groups (broad SMARTS) is 1. The summed E-state index contributed by atoms with van der Waals surface area (Å²) in [6.07, 6.45) is 0.339. The molecule has 150 valence electrons. The zero-order chi connectivity index (χ0) is 20.9. The molecule has 0 saturated carbocycles. The Morgan fingerprint density at radius 3 is 2.41 bits per heavy atom. The molecule has 8 nitrogen and oxygen atoms in total. The molecule has 1 amide bonds. The minimum Gasteiger partial charge on any atom is -0.481 e. The molecule has 1 unspecified atom stereocenters. The van der Waals surface area contributed by atoms with Gasteiger partial charge in [0.05, 0.1) is 0 Å². The van der Waals surface area contributed by atoms with Gasteiger partial charge in [0.25, 0.3) is 0 Å². The highest BCUT2D eigenvalue weighted by atomic mass is 16.4. The normalized spacial score (nSPS) is 12.9. The fourth-order valence-corrected chi connectivity index (χ4v) is 3.10. The molecule has 0 aliphatic heterocycles. The van der Waals surface area contributed by atoms with E-state index in [1.165, 1.54) is 4.80 Å². The lowest BCUT2D eigenvalue weighted by atomic mass is 9.78. The molecule has 3 rings (SSSR count). The van der Waals surface area contributed by atoms with E-state index in [-0.39, 0.29) is 19.0 Å². The van der Waals surface area contributed by atoms with Gasteiger partial charge < -0.3 is 10.4 Å². The fourth-order valence-electron chi connectivity index (χ4n) is 3.10. The van der Waals surface area contributed by atoms with Crippen molar-refractivity contribution in [2.24, 2.45) is 0 Å². The fraction of sp³-hybridized carbons (Fsp3) is 0.286. The van der Waals surface area contributed by atoms with Crippen molar-refractivity contribution < 1.29 is 14.7 Å². The molecule has 1 atom stereocenters. The highest BCUT2D eigenvalue weighted by Gasteiger charge is 2.39. The number of rotatable bonds is 8. The van der Waals surface area contributed by atoms with Gasteiger partial charge in [-0.3, -0.25) is 9.59 Å². The molecular formula is C21H23N5O3. The first-order valence-corrected chi connectivity index (χ1v) is 9.35. The summed E-state index contributed by atoms with van der Waals surface area (Å²) >= 11 is 0. The summed E-state index contributed by atoms with van der Waals surface area (Å²) in [6, 6.07) is 16.6. The molecule has 3 aromatic rings. The van der Waals surface area contributed by atoms with Crippen molar-refractivity contribution in [2.45, 2.75) is 32.2 Å². The number of nitrogens with zero attached hydrogens (tertiary/aromatic N) is 4. The number of tetrazole rings is 1. The third kappa shape index (κ3) is 4.48. The zero-order valence-corrected chi connectivity index (χ0v) is 16.4. The Kier molecular flexibility index (Phi) is 6.01. The van der Waals surface area contributed by atoms with E-state index in [1.807, 2.05) is 37.3 Å². The first kappa shape index (κ1) is 20.2. The Bertz CT molecular complexity index is 985. The van der Waals surface area contributed by atoms with Gasteiger partial charge in [0.2, 0.25) is 11.7 Å². The number of hydrogen-bond donors (Lipinski definition) is 2. The van der Waals surface area contributed by atoms with Gasteiger partial charge in [0, 0.05) is 12.1 Å². The molecule has 0 fully saturated rings. The van der Waals surface area contributed by atoms with E-state index in [0.717, 1.165) is 11.1 Å². The van der Waals surface area contributed by atoms with E-state index in [2.05, 4.69) is 20.7 Å². The predicted molar refractivity (Wildman–Crippen MR) is 107 cm³/mol. The second-order valence-electron chi connectivity index (χ2n) is 6.89. The Labute approximate surface area is 168 Å². The summed E-state index contributed by atoms with van der Waals surface area (Å²) in [4.78, 5) is 25.6. The monoisotopic (exact) mass is 393 g/mol. The van der Waals surface area contributed by atoms with Crippen LogP contribution in [0.5, 0.6) is 0 Å². The van der Waals surface area contributed by atoms with Crippen molar-refractivity contribution in [3.05, 3.63) is 65.7 Å². The standard InChI is InChI=1S/C21H23N5O3/c1-3-21(20(28)29,17-7-5-4-6-8-17)14-22-18(27)13-26-24-19(23-25-26)16-11-9-15(2)10-12-16/h4-12H,3,13-14H2,1-2H3,(H,22,27)(H,28,29). The van der Waals surface area contributed by atoms with Crippen LogP contribution in [-0.2, 0) is 21.5 Å². The van der Waals surface area contributed by atoms with Crippen molar-refractivity contribution in [1.29, 1.82) is 0 Å². The maximum Gasteiger partial charge on any atom is 0.315 e. The topological polar surface area (TPSA) is 110 Å². The Balaban J connectivity index is 1.67. The summed E-state index contributed by atoms with van der Waals surface area (Å²) in [5.41, 5.74) is 1.38. The number of nitrogens with one attached hydrogen (secondary N) is 1. The van der Waals surface area contributed by atoms with Gasteiger partial charge in [-0.2, -0.15) is 4.80 Å². The summed E-state index contributed by atoms with van der Waals surface area (Å²) in [5.74, 6) is -0.935. The van der Waals surface area contributed by atoms with Crippen molar-refractivity contribution >= 4 is 11.9 Å². The average molecular weight is 393 g/mol. The van der Waals surface area contributed by atoms with Crippen LogP contribution < -0.4 is 5.32 Å². The number of carbonyl (C=O) groups excluding carboxylic acids is 1. The molecule has 0 saturated heterocycles. The van der Waals surface area contributed by atoms with Gasteiger partial charge in [-0.1, -0.05) is 67.1 Å². The van der Waals surface area contributed by atoms with Crippen LogP contribution in [0, 0.1) is 6.92 Å². The van der Waals surface area contributed by atoms with Gasteiger partial charge in [0.1, 0.15) is 12.0 Å². The highest BCUT2D eigenvalue weighted by molar-refractivity contribution is 5.83. The van der Waals surface area contributed by atoms with Crippen LogP contribution in [-0.4, -0.2) is 43.7 Å². The predicted octanol–water partition coefficient (Wildman–Crippen LogP) is 2.20. The quantitative estimate of drug-likeness (QED) is 0.607. The van der Waals surface area contributed by atoms with E-state index < -0.39 is 11.4 Å². The number of carbonyl (C=O) groups is 2. The van der Waals surface area contributed by atoms with Gasteiger partial charge >= 0.3 is 5.97 Å². The van der Waals surface area contributed by atoms with E-state index in [0.29, 0.717) is 17.8 Å². The lowest BCUT2D eigenvalue weighted by molar-refractivity contribution is -0.144. The summed E-state index contributed by atoms with van der Waals surface area (Å²) < 4.78 is 0. The second-order valence-corrected chi connectivity index (χ2v) is 6.89. The van der Waals surface area contributed by atoms with Crippen LogP contribution in [0.2, 0.25) is 0 Å². The van der Waals surface area contributed by atoms with Crippen LogP contribution in [0.4, 0.5) is 0 Å². The average Bonchev–Trinajstić information content (AvgIpc) is 3.18. The minimum atomic E-state index is -1.19. The third-order valence-corrected chi connectivity index (χ3v) is 4.97. The van der Waals surface area contributed by atoms with E-state index in [1.54, 1.807) is 31.2 Å². The first-order valence-electron chi connectivity index (χ1n) is 9.35. The van der Waals surface area contributed by atoms with Crippen LogP contribution in [0.25, 0.3) is 11.4 Å². The van der Waals surface area contributed by atoms with Crippen LogP contribution in [0.15, 0.2) is 54.6 Å². The molecule has 0 bridgehead atoms. The summed E-state index contributed by atoms with van der Waals surface area (Å²) in [6.45, 7) is 3.61. The molecule has 2 aromatic carbocycles. The third-order valence-electron chi connectivity index (χ3n) is 4.97. The maximum atomic E-state index is 12.4. The summed E-state index contributed by atoms with van der Waals surface area (Å²) in [5, 5.41) is 24.7. The molecule has 1 aromatic heterocycles. The van der Waals surface area contributed by atoms with Crippen LogP contribution in [0.1, 0.15) is 24.5 Å². The Morgan fingerprint density at radius 2 is 1.79 bits per heavy atom. The highest BCUT2D eigenvalue weighted by Crippen LogP contribution is 2.27. The van der Waals surface area contributed by atoms with Gasteiger partial charge in [-0.25, -0.2) is 0 Å². The molecule has 0 radical (unpaired) electrons. The SMILES string of the molecule is CCC(CNC(=O)Cn1nnc(-c2ccc(C)cc2)n1)(C(=O)O)c1ccccc1. The molecule has 2 N–H and O–H groups in total. The van der Waals surface area contributed by atoms with E-state index in [4.69, 9.17) is 0 Å². The molecule has 0 aliphatic rings. The summed E-state index contributed by atoms with van der Waals surface area (Å²) in [7, 11) is 0. The number of aromatic nitrogens is 4. The molecule has 0 spiro atoms.